The fourth-order valence-corrected chi connectivity index (χ4v) is 2.15. The van der Waals surface area contributed by atoms with Crippen molar-refractivity contribution in [3.05, 3.63) is 30.3 Å². The van der Waals surface area contributed by atoms with Crippen LogP contribution in [0.4, 0.5) is 5.69 Å². The minimum absolute atomic E-state index is 0.0317. The van der Waals surface area contributed by atoms with Crippen molar-refractivity contribution in [1.29, 1.82) is 0 Å². The van der Waals surface area contributed by atoms with Crippen LogP contribution in [-0.4, -0.2) is 43.4 Å². The Balaban J connectivity index is 3.05. The van der Waals surface area contributed by atoms with Gasteiger partial charge >= 0.3 is 0 Å². The van der Waals surface area contributed by atoms with Crippen LogP contribution in [0.2, 0.25) is 0 Å². The maximum Gasteiger partial charge on any atom is 0.245 e. The van der Waals surface area contributed by atoms with Crippen LogP contribution in [0, 0.1) is 0 Å². The van der Waals surface area contributed by atoms with E-state index in [0.717, 1.165) is 6.26 Å². The minimum Gasteiger partial charge on any atom is -0.409 e. The average molecular weight is 313 g/mol. The first-order valence-electron chi connectivity index (χ1n) is 6.29. The predicted molar refractivity (Wildman–Crippen MR) is 81.1 cm³/mol. The molecule has 1 atom stereocenters. The monoisotopic (exact) mass is 313 g/mol. The number of oxime groups is 1. The molecule has 0 saturated carbocycles. The Morgan fingerprint density at radius 2 is 1.95 bits per heavy atom. The van der Waals surface area contributed by atoms with Crippen molar-refractivity contribution < 1.29 is 18.4 Å². The van der Waals surface area contributed by atoms with Crippen molar-refractivity contribution in [3.63, 3.8) is 0 Å². The molecule has 1 amide bonds. The summed E-state index contributed by atoms with van der Waals surface area (Å²) in [7, 11) is -3.50. The number of sulfone groups is 1. The number of carbonyl (C=O) groups excluding carboxylic acids is 1. The number of hydrogen-bond acceptors (Lipinski definition) is 5. The second kappa shape index (κ2) is 7.07. The van der Waals surface area contributed by atoms with Gasteiger partial charge in [-0.1, -0.05) is 23.4 Å². The van der Waals surface area contributed by atoms with E-state index in [0.29, 0.717) is 5.69 Å². The van der Waals surface area contributed by atoms with Gasteiger partial charge in [-0.2, -0.15) is 0 Å². The van der Waals surface area contributed by atoms with Gasteiger partial charge in [-0.05, 0) is 19.1 Å². The minimum atomic E-state index is -3.50. The summed E-state index contributed by atoms with van der Waals surface area (Å²) in [6.45, 7) is 1.47. The van der Waals surface area contributed by atoms with Crippen molar-refractivity contribution in [2.24, 2.45) is 10.9 Å². The zero-order valence-electron chi connectivity index (χ0n) is 11.9. The molecular weight excluding hydrogens is 294 g/mol. The zero-order valence-corrected chi connectivity index (χ0v) is 12.7. The number of amides is 1. The van der Waals surface area contributed by atoms with E-state index in [-0.39, 0.29) is 18.8 Å². The molecule has 3 N–H and O–H groups in total. The molecule has 0 heterocycles. The van der Waals surface area contributed by atoms with E-state index in [1.54, 1.807) is 30.3 Å². The van der Waals surface area contributed by atoms with Gasteiger partial charge in [0.1, 0.15) is 11.1 Å². The SMILES string of the molecule is CC(C(=O)N(CC/C(N)=N/O)c1ccccc1)S(C)(=O)=O. The molecule has 1 aromatic carbocycles. The maximum atomic E-state index is 12.4. The Hall–Kier alpha value is -2.09. The summed E-state index contributed by atoms with van der Waals surface area (Å²) >= 11 is 0. The highest BCUT2D eigenvalue weighted by Gasteiger charge is 2.29. The number of carbonyl (C=O) groups is 1. The molecule has 116 valence electrons. The maximum absolute atomic E-state index is 12.4. The van der Waals surface area contributed by atoms with Crippen molar-refractivity contribution >= 4 is 27.3 Å². The Kier molecular flexibility index (Phi) is 5.71. The smallest absolute Gasteiger partial charge is 0.245 e. The lowest BCUT2D eigenvalue weighted by molar-refractivity contribution is -0.117. The topological polar surface area (TPSA) is 113 Å². The summed E-state index contributed by atoms with van der Waals surface area (Å²) in [5, 5.41) is 10.2. The summed E-state index contributed by atoms with van der Waals surface area (Å²) in [5.41, 5.74) is 5.96. The van der Waals surface area contributed by atoms with Gasteiger partial charge in [0, 0.05) is 24.9 Å². The number of nitrogens with zero attached hydrogens (tertiary/aromatic N) is 2. The molecule has 0 aromatic heterocycles. The lowest BCUT2D eigenvalue weighted by Crippen LogP contribution is -2.42. The lowest BCUT2D eigenvalue weighted by Gasteiger charge is -2.25. The molecule has 1 rings (SSSR count). The quantitative estimate of drug-likeness (QED) is 0.345. The van der Waals surface area contributed by atoms with Gasteiger partial charge in [-0.3, -0.25) is 4.79 Å². The second-order valence-electron chi connectivity index (χ2n) is 4.64. The molecule has 0 aliphatic heterocycles. The van der Waals surface area contributed by atoms with Crippen molar-refractivity contribution in [2.75, 3.05) is 17.7 Å². The molecule has 0 spiro atoms. The highest BCUT2D eigenvalue weighted by molar-refractivity contribution is 7.92. The number of benzene rings is 1. The molecular formula is C13H19N3O4S. The van der Waals surface area contributed by atoms with Crippen LogP contribution in [0.25, 0.3) is 0 Å². The first-order valence-corrected chi connectivity index (χ1v) is 8.24. The summed E-state index contributed by atoms with van der Waals surface area (Å²) < 4.78 is 23.1. The molecule has 0 saturated heterocycles. The van der Waals surface area contributed by atoms with E-state index >= 15 is 0 Å². The number of amidine groups is 1. The second-order valence-corrected chi connectivity index (χ2v) is 7.00. The van der Waals surface area contributed by atoms with E-state index in [4.69, 9.17) is 10.9 Å². The van der Waals surface area contributed by atoms with Crippen molar-refractivity contribution in [1.82, 2.24) is 0 Å². The molecule has 0 aliphatic carbocycles. The zero-order chi connectivity index (χ0) is 16.0. The van der Waals surface area contributed by atoms with E-state index in [1.165, 1.54) is 11.8 Å². The Morgan fingerprint density at radius 3 is 2.43 bits per heavy atom. The van der Waals surface area contributed by atoms with Crippen LogP contribution >= 0.6 is 0 Å². The van der Waals surface area contributed by atoms with Crippen LogP contribution in [0.5, 0.6) is 0 Å². The molecule has 8 heteroatoms. The fourth-order valence-electron chi connectivity index (χ4n) is 1.65. The highest BCUT2D eigenvalue weighted by atomic mass is 32.2. The van der Waals surface area contributed by atoms with E-state index in [2.05, 4.69) is 5.16 Å². The third-order valence-corrected chi connectivity index (χ3v) is 4.53. The molecule has 0 radical (unpaired) electrons. The van der Waals surface area contributed by atoms with E-state index < -0.39 is 21.0 Å². The Labute approximate surface area is 124 Å². The molecule has 1 unspecified atom stereocenters. The van der Waals surface area contributed by atoms with Gasteiger partial charge in [0.05, 0.1) is 0 Å². The van der Waals surface area contributed by atoms with Crippen molar-refractivity contribution in [3.8, 4) is 0 Å². The number of anilines is 1. The highest BCUT2D eigenvalue weighted by Crippen LogP contribution is 2.17. The Morgan fingerprint density at radius 1 is 1.38 bits per heavy atom. The summed E-state index contributed by atoms with van der Waals surface area (Å²) in [4.78, 5) is 13.7. The molecule has 1 aromatic rings. The third kappa shape index (κ3) is 4.75. The van der Waals surface area contributed by atoms with Gasteiger partial charge in [0.2, 0.25) is 5.91 Å². The Bertz CT molecular complexity index is 614. The largest absolute Gasteiger partial charge is 0.409 e. The first kappa shape index (κ1) is 17.0. The molecule has 0 aliphatic rings. The summed E-state index contributed by atoms with van der Waals surface area (Å²) in [5.74, 6) is -0.579. The van der Waals surface area contributed by atoms with Crippen LogP contribution in [-0.2, 0) is 14.6 Å². The van der Waals surface area contributed by atoms with Crippen LogP contribution in [0.1, 0.15) is 13.3 Å². The van der Waals surface area contributed by atoms with Crippen LogP contribution in [0.3, 0.4) is 0 Å². The molecule has 7 nitrogen and oxygen atoms in total. The standard InChI is InChI=1S/C13H19N3O4S/c1-10(21(2,19)20)13(17)16(9-8-12(14)15-18)11-6-4-3-5-7-11/h3-7,10,18H,8-9H2,1-2H3,(H2,14,15). The van der Waals surface area contributed by atoms with Gasteiger partial charge in [0.25, 0.3) is 0 Å². The molecule has 0 fully saturated rings. The lowest BCUT2D eigenvalue weighted by atomic mass is 10.2. The van der Waals surface area contributed by atoms with E-state index in [1.807, 2.05) is 0 Å². The normalized spacial score (nSPS) is 13.7. The first-order chi connectivity index (χ1) is 9.77. The molecule has 21 heavy (non-hydrogen) atoms. The van der Waals surface area contributed by atoms with Crippen LogP contribution in [0.15, 0.2) is 35.5 Å². The summed E-state index contributed by atoms with van der Waals surface area (Å²) in [6, 6.07) is 8.66. The third-order valence-electron chi connectivity index (χ3n) is 3.04. The summed E-state index contributed by atoms with van der Waals surface area (Å²) in [6.07, 6.45) is 1.15. The average Bonchev–Trinajstić information content (AvgIpc) is 2.46. The van der Waals surface area contributed by atoms with Gasteiger partial charge in [-0.25, -0.2) is 8.42 Å². The van der Waals surface area contributed by atoms with E-state index in [9.17, 15) is 13.2 Å². The predicted octanol–water partition coefficient (Wildman–Crippen LogP) is 0.589. The van der Waals surface area contributed by atoms with Gasteiger partial charge < -0.3 is 15.8 Å². The van der Waals surface area contributed by atoms with Crippen molar-refractivity contribution in [2.45, 2.75) is 18.6 Å². The molecule has 0 bridgehead atoms. The number of hydrogen-bond donors (Lipinski definition) is 2. The van der Waals surface area contributed by atoms with Crippen LogP contribution < -0.4 is 10.6 Å². The number of rotatable bonds is 6. The number of para-hydroxylation sites is 1. The van der Waals surface area contributed by atoms with Gasteiger partial charge in [-0.15, -0.1) is 0 Å². The fraction of sp³-hybridized carbons (Fsp3) is 0.385. The van der Waals surface area contributed by atoms with Gasteiger partial charge in [0.15, 0.2) is 9.84 Å². The number of nitrogens with two attached hydrogens (primary N) is 1.